The summed E-state index contributed by atoms with van der Waals surface area (Å²) < 4.78 is 41.0. The van der Waals surface area contributed by atoms with Crippen molar-refractivity contribution in [2.24, 2.45) is 7.05 Å². The van der Waals surface area contributed by atoms with Gasteiger partial charge in [-0.3, -0.25) is 9.58 Å². The Bertz CT molecular complexity index is 1900. The number of aromatic nitrogens is 5. The highest BCUT2D eigenvalue weighted by Gasteiger charge is 2.32. The van der Waals surface area contributed by atoms with Gasteiger partial charge in [-0.25, -0.2) is 19.7 Å². The van der Waals surface area contributed by atoms with E-state index in [2.05, 4.69) is 30.7 Å². The van der Waals surface area contributed by atoms with E-state index in [1.165, 1.54) is 18.3 Å². The van der Waals surface area contributed by atoms with Gasteiger partial charge in [0.2, 0.25) is 5.95 Å². The van der Waals surface area contributed by atoms with Gasteiger partial charge in [0.25, 0.3) is 0 Å². The molecule has 1 aliphatic carbocycles. The minimum Gasteiger partial charge on any atom is -0.351 e. The molecule has 1 aliphatic rings. The highest BCUT2D eigenvalue weighted by atomic mass is 19.4. The van der Waals surface area contributed by atoms with E-state index in [4.69, 9.17) is 0 Å². The molecule has 0 saturated heterocycles. The van der Waals surface area contributed by atoms with E-state index in [0.29, 0.717) is 43.6 Å². The summed E-state index contributed by atoms with van der Waals surface area (Å²) >= 11 is 0. The first kappa shape index (κ1) is 32.2. The molecule has 0 unspecified atom stereocenters. The third kappa shape index (κ3) is 7.44. The van der Waals surface area contributed by atoms with Crippen LogP contribution in [0.5, 0.6) is 0 Å². The van der Waals surface area contributed by atoms with Crippen molar-refractivity contribution in [1.82, 2.24) is 30.0 Å². The van der Waals surface area contributed by atoms with Crippen molar-refractivity contribution < 1.29 is 18.0 Å². The molecule has 2 N–H and O–H groups in total. The highest BCUT2D eigenvalue weighted by Crippen LogP contribution is 2.33. The van der Waals surface area contributed by atoms with Gasteiger partial charge in [-0.05, 0) is 55.5 Å². The maximum atomic E-state index is 13.7. The van der Waals surface area contributed by atoms with E-state index in [0.717, 1.165) is 28.8 Å². The molecule has 3 heterocycles. The van der Waals surface area contributed by atoms with Crippen LogP contribution in [0.25, 0.3) is 22.4 Å². The van der Waals surface area contributed by atoms with Gasteiger partial charge in [-0.1, -0.05) is 42.5 Å². The van der Waals surface area contributed by atoms with Gasteiger partial charge < -0.3 is 10.6 Å². The van der Waals surface area contributed by atoms with Crippen LogP contribution in [0.1, 0.15) is 42.4 Å². The van der Waals surface area contributed by atoms with Crippen LogP contribution in [-0.2, 0) is 19.8 Å². The van der Waals surface area contributed by atoms with E-state index in [-0.39, 0.29) is 35.3 Å². The smallest absolute Gasteiger partial charge is 0.351 e. The molecule has 0 spiro atoms. The zero-order chi connectivity index (χ0) is 33.7. The van der Waals surface area contributed by atoms with Crippen LogP contribution in [0.4, 0.5) is 29.7 Å². The number of anilines is 2. The third-order valence-electron chi connectivity index (χ3n) is 8.33. The van der Waals surface area contributed by atoms with Crippen molar-refractivity contribution in [2.75, 3.05) is 10.2 Å². The monoisotopic (exact) mass is 651 g/mol. The van der Waals surface area contributed by atoms with Crippen LogP contribution in [0.2, 0.25) is 0 Å². The number of alkyl halides is 3. The molecule has 1 fully saturated rings. The fraction of sp³-hybridized carbons (Fsp3) is 0.257. The number of benzene rings is 2. The molecule has 2 amide bonds. The number of carbonyl (C=O) groups excluding carboxylic acids is 1. The second kappa shape index (κ2) is 13.9. The number of urea groups is 1. The molecule has 48 heavy (non-hydrogen) atoms. The molecule has 2 aromatic carbocycles. The maximum absolute atomic E-state index is 13.7. The Morgan fingerprint density at radius 3 is 2.29 bits per heavy atom. The summed E-state index contributed by atoms with van der Waals surface area (Å²) in [7, 11) is 1.85. The number of aryl methyl sites for hydroxylation is 1. The lowest BCUT2D eigenvalue weighted by Gasteiger charge is -2.36. The molecule has 1 saturated carbocycles. The van der Waals surface area contributed by atoms with Crippen molar-refractivity contribution in [3.63, 3.8) is 0 Å². The van der Waals surface area contributed by atoms with E-state index in [9.17, 15) is 23.2 Å². The summed E-state index contributed by atoms with van der Waals surface area (Å²) in [4.78, 5) is 28.9. The largest absolute Gasteiger partial charge is 0.416 e. The number of carbonyl (C=O) groups is 1. The van der Waals surface area contributed by atoms with Gasteiger partial charge in [-0.15, -0.1) is 0 Å². The van der Waals surface area contributed by atoms with E-state index < -0.39 is 11.7 Å². The molecule has 13 heteroatoms. The van der Waals surface area contributed by atoms with Crippen LogP contribution in [0.15, 0.2) is 91.5 Å². The number of pyridine rings is 1. The topological polar surface area (TPSA) is 125 Å². The summed E-state index contributed by atoms with van der Waals surface area (Å²) in [6.45, 7) is 0.373. The van der Waals surface area contributed by atoms with Crippen LogP contribution in [-0.4, -0.2) is 42.8 Å². The summed E-state index contributed by atoms with van der Waals surface area (Å²) in [6.07, 6.45) is 5.04. The summed E-state index contributed by atoms with van der Waals surface area (Å²) in [5.41, 5.74) is 2.81. The van der Waals surface area contributed by atoms with Crippen LogP contribution in [0.3, 0.4) is 0 Å². The minimum atomic E-state index is -4.47. The number of rotatable bonds is 8. The van der Waals surface area contributed by atoms with Gasteiger partial charge in [0.15, 0.2) is 0 Å². The Balaban J connectivity index is 1.16. The molecule has 0 atom stereocenters. The molecular weight excluding hydrogens is 619 g/mol. The number of nitrogens with zero attached hydrogens (tertiary/aromatic N) is 7. The average Bonchev–Trinajstić information content (AvgIpc) is 3.54. The quantitative estimate of drug-likeness (QED) is 0.186. The minimum absolute atomic E-state index is 0.0233. The standard InChI is InChI=1S/C35H32F3N9O/c1-46-22-27(21-43-46)25-9-16-31(40-19-25)47(34(48)42-18-23-5-3-2-4-6-23)30-14-12-29(13-15-30)44-33-41-20-26(17-39)32(45-33)24-7-10-28(11-8-24)35(36,37)38/h2-11,16,19-22,29-30H,12-15,18H2,1H3,(H,42,48)(H,41,44,45)/t29-,30-. The Morgan fingerprint density at radius 2 is 1.67 bits per heavy atom. The zero-order valence-electron chi connectivity index (χ0n) is 26.0. The Morgan fingerprint density at radius 1 is 0.938 bits per heavy atom. The van der Waals surface area contributed by atoms with Crippen LogP contribution in [0, 0.1) is 11.3 Å². The van der Waals surface area contributed by atoms with E-state index in [1.54, 1.807) is 22.0 Å². The molecule has 3 aromatic heterocycles. The van der Waals surface area contributed by atoms with E-state index >= 15 is 0 Å². The first-order chi connectivity index (χ1) is 23.2. The fourth-order valence-corrected chi connectivity index (χ4v) is 5.82. The van der Waals surface area contributed by atoms with Crippen molar-refractivity contribution in [3.8, 4) is 28.5 Å². The number of hydrogen-bond donors (Lipinski definition) is 2. The molecule has 244 valence electrons. The van der Waals surface area contributed by atoms with E-state index in [1.807, 2.05) is 61.8 Å². The van der Waals surface area contributed by atoms with Gasteiger partial charge in [0.05, 0.1) is 29.2 Å². The number of halogens is 3. The lowest BCUT2D eigenvalue weighted by Crippen LogP contribution is -2.49. The summed E-state index contributed by atoms with van der Waals surface area (Å²) in [5, 5.41) is 20.2. The Kier molecular flexibility index (Phi) is 9.33. The number of hydrogen-bond acceptors (Lipinski definition) is 7. The molecule has 0 aliphatic heterocycles. The third-order valence-corrected chi connectivity index (χ3v) is 8.33. The second-order valence-electron chi connectivity index (χ2n) is 11.6. The molecular formula is C35H32F3N9O. The summed E-state index contributed by atoms with van der Waals surface area (Å²) in [6, 6.07) is 19.6. The van der Waals surface area contributed by atoms with Crippen molar-refractivity contribution in [3.05, 3.63) is 108 Å². The van der Waals surface area contributed by atoms with Gasteiger partial charge in [0, 0.05) is 54.8 Å². The van der Waals surface area contributed by atoms with Gasteiger partial charge in [-0.2, -0.15) is 23.5 Å². The van der Waals surface area contributed by atoms with Gasteiger partial charge >= 0.3 is 12.2 Å². The molecule has 0 radical (unpaired) electrons. The molecule has 6 rings (SSSR count). The molecule has 5 aromatic rings. The highest BCUT2D eigenvalue weighted by molar-refractivity contribution is 5.91. The van der Waals surface area contributed by atoms with Crippen molar-refractivity contribution in [2.45, 2.75) is 50.5 Å². The first-order valence-corrected chi connectivity index (χ1v) is 15.5. The fourth-order valence-electron chi connectivity index (χ4n) is 5.82. The van der Waals surface area contributed by atoms with Crippen LogP contribution < -0.4 is 15.5 Å². The number of amides is 2. The number of nitrogens with one attached hydrogen (secondary N) is 2. The first-order valence-electron chi connectivity index (χ1n) is 15.5. The second-order valence-corrected chi connectivity index (χ2v) is 11.6. The van der Waals surface area contributed by atoms with Crippen LogP contribution >= 0.6 is 0 Å². The van der Waals surface area contributed by atoms with Gasteiger partial charge in [0.1, 0.15) is 11.9 Å². The normalized spacial score (nSPS) is 16.1. The lowest BCUT2D eigenvalue weighted by atomic mass is 9.90. The van der Waals surface area contributed by atoms with Crippen molar-refractivity contribution in [1.29, 1.82) is 5.26 Å². The number of nitriles is 1. The Labute approximate surface area is 275 Å². The molecule has 0 bridgehead atoms. The predicted octanol–water partition coefficient (Wildman–Crippen LogP) is 6.97. The maximum Gasteiger partial charge on any atom is 0.416 e. The predicted molar refractivity (Wildman–Crippen MR) is 174 cm³/mol. The average molecular weight is 652 g/mol. The van der Waals surface area contributed by atoms with Crippen molar-refractivity contribution >= 4 is 17.8 Å². The zero-order valence-corrected chi connectivity index (χ0v) is 26.0. The lowest BCUT2D eigenvalue weighted by molar-refractivity contribution is -0.137. The molecule has 10 nitrogen and oxygen atoms in total. The Hall–Kier alpha value is -5.77. The summed E-state index contributed by atoms with van der Waals surface area (Å²) in [5.74, 6) is 0.818. The SMILES string of the molecule is Cn1cc(-c2ccc(N(C(=O)NCc3ccccc3)[C@H]3CC[C@H](Nc4ncc(C#N)c(-c5ccc(C(F)(F)F)cc5)n4)CC3)nc2)cn1.